The van der Waals surface area contributed by atoms with Crippen molar-refractivity contribution in [3.8, 4) is 5.75 Å². The van der Waals surface area contributed by atoms with Gasteiger partial charge in [0.15, 0.2) is 6.61 Å². The first-order valence-corrected chi connectivity index (χ1v) is 11.7. The summed E-state index contributed by atoms with van der Waals surface area (Å²) < 4.78 is 29.8. The number of nitrogens with zero attached hydrogens (tertiary/aromatic N) is 1. The van der Waals surface area contributed by atoms with Crippen molar-refractivity contribution in [3.63, 3.8) is 0 Å². The maximum absolute atomic E-state index is 12.2. The van der Waals surface area contributed by atoms with Crippen LogP contribution in [0.25, 0.3) is 0 Å². The minimum Gasteiger partial charge on any atom is -0.484 e. The highest BCUT2D eigenvalue weighted by Gasteiger charge is 2.15. The van der Waals surface area contributed by atoms with E-state index in [1.807, 2.05) is 19.1 Å². The second kappa shape index (κ2) is 9.62. The van der Waals surface area contributed by atoms with E-state index in [0.29, 0.717) is 5.75 Å². The summed E-state index contributed by atoms with van der Waals surface area (Å²) >= 11 is 0. The molecule has 0 radical (unpaired) electrons. The maximum Gasteiger partial charge on any atom is 0.258 e. The van der Waals surface area contributed by atoms with Crippen LogP contribution < -0.4 is 10.1 Å². The molecule has 164 valence electrons. The van der Waals surface area contributed by atoms with E-state index in [4.69, 9.17) is 4.74 Å². The van der Waals surface area contributed by atoms with Crippen molar-refractivity contribution < 1.29 is 17.9 Å². The predicted octanol–water partition coefficient (Wildman–Crippen LogP) is 3.63. The average molecular weight is 433 g/mol. The molecule has 2 rings (SSSR count). The lowest BCUT2D eigenvalue weighted by Gasteiger charge is -2.20. The van der Waals surface area contributed by atoms with Crippen molar-refractivity contribution in [1.82, 2.24) is 9.62 Å². The summed E-state index contributed by atoms with van der Waals surface area (Å²) in [7, 11) is -1.70. The molecule has 0 bridgehead atoms. The summed E-state index contributed by atoms with van der Waals surface area (Å²) in [5, 5.41) is 2.94. The van der Waals surface area contributed by atoms with Crippen LogP contribution in [0.5, 0.6) is 5.75 Å². The molecular weight excluding hydrogens is 400 g/mol. The summed E-state index contributed by atoms with van der Waals surface area (Å²) in [5.41, 5.74) is 3.22. The number of hydrogen-bond acceptors (Lipinski definition) is 4. The average Bonchev–Trinajstić information content (AvgIpc) is 2.66. The smallest absolute Gasteiger partial charge is 0.258 e. The summed E-state index contributed by atoms with van der Waals surface area (Å²) in [6, 6.07) is 15.2. The van der Waals surface area contributed by atoms with Crippen LogP contribution in [0, 0.1) is 0 Å². The normalized spacial score (nSPS) is 13.2. The lowest BCUT2D eigenvalue weighted by Crippen LogP contribution is -2.31. The van der Waals surface area contributed by atoms with Crippen molar-refractivity contribution in [2.75, 3.05) is 19.9 Å². The van der Waals surface area contributed by atoms with Gasteiger partial charge in [0.05, 0.1) is 12.3 Å². The van der Waals surface area contributed by atoms with Crippen molar-refractivity contribution in [2.24, 2.45) is 0 Å². The number of sulfonamides is 1. The van der Waals surface area contributed by atoms with Gasteiger partial charge in [-0.15, -0.1) is 0 Å². The molecule has 7 heteroatoms. The van der Waals surface area contributed by atoms with Gasteiger partial charge < -0.3 is 10.1 Å². The van der Waals surface area contributed by atoms with Gasteiger partial charge in [-0.3, -0.25) is 4.79 Å². The summed E-state index contributed by atoms with van der Waals surface area (Å²) in [6.45, 7) is 8.64. The number of ether oxygens (including phenoxy) is 1. The highest BCUT2D eigenvalue weighted by atomic mass is 32.2. The number of carbonyl (C=O) groups excluding carboxylic acids is 1. The zero-order chi connectivity index (χ0) is 22.5. The lowest BCUT2D eigenvalue weighted by atomic mass is 9.86. The molecule has 6 nitrogen and oxygen atoms in total. The van der Waals surface area contributed by atoms with Gasteiger partial charge in [-0.1, -0.05) is 57.2 Å². The zero-order valence-corrected chi connectivity index (χ0v) is 19.4. The Kier molecular flexibility index (Phi) is 7.66. The van der Waals surface area contributed by atoms with Gasteiger partial charge in [-0.2, -0.15) is 0 Å². The van der Waals surface area contributed by atoms with Gasteiger partial charge in [0, 0.05) is 13.6 Å². The Balaban J connectivity index is 1.85. The number of nitrogens with one attached hydrogen (secondary N) is 1. The van der Waals surface area contributed by atoms with Crippen molar-refractivity contribution >= 4 is 15.9 Å². The second-order valence-electron chi connectivity index (χ2n) is 8.61. The van der Waals surface area contributed by atoms with Crippen molar-refractivity contribution in [3.05, 3.63) is 65.2 Å². The SMILES string of the molecule is C[C@@H](NC(=O)COc1ccc(CN(C)S(C)(=O)=O)cc1)c1ccc(C(C)(C)C)cc1. The standard InChI is InChI=1S/C23H32N2O4S/c1-17(19-9-11-20(12-10-19)23(2,3)4)24-22(26)16-29-21-13-7-18(8-14-21)15-25(5)30(6,27)28/h7-14,17H,15-16H2,1-6H3,(H,24,26)/t17-/m1/s1. The Morgan fingerprint density at radius 2 is 1.63 bits per heavy atom. The van der Waals surface area contributed by atoms with Gasteiger partial charge in [0.1, 0.15) is 5.75 Å². The quantitative estimate of drug-likeness (QED) is 0.691. The second-order valence-corrected chi connectivity index (χ2v) is 10.7. The molecule has 0 aromatic heterocycles. The van der Waals surface area contributed by atoms with Gasteiger partial charge in [-0.05, 0) is 41.2 Å². The third kappa shape index (κ3) is 7.15. The van der Waals surface area contributed by atoms with Crippen LogP contribution in [0.1, 0.15) is 50.4 Å². The molecule has 2 aromatic carbocycles. The molecule has 0 aliphatic rings. The van der Waals surface area contributed by atoms with Crippen LogP contribution in [0.4, 0.5) is 0 Å². The Morgan fingerprint density at radius 3 is 2.13 bits per heavy atom. The Bertz CT molecular complexity index is 946. The molecule has 0 spiro atoms. The van der Waals surface area contributed by atoms with Gasteiger partial charge in [0.25, 0.3) is 5.91 Å². The first-order valence-electron chi connectivity index (χ1n) is 9.89. The van der Waals surface area contributed by atoms with Crippen LogP contribution in [-0.4, -0.2) is 38.5 Å². The molecule has 0 heterocycles. The molecule has 1 N–H and O–H groups in total. The molecule has 0 aliphatic heterocycles. The topological polar surface area (TPSA) is 75.7 Å². The minimum atomic E-state index is -3.23. The maximum atomic E-state index is 12.2. The highest BCUT2D eigenvalue weighted by molar-refractivity contribution is 7.88. The summed E-state index contributed by atoms with van der Waals surface area (Å²) in [6.07, 6.45) is 1.17. The van der Waals surface area contributed by atoms with E-state index >= 15 is 0 Å². The van der Waals surface area contributed by atoms with Crippen LogP contribution in [0.3, 0.4) is 0 Å². The van der Waals surface area contributed by atoms with Crippen molar-refractivity contribution in [1.29, 1.82) is 0 Å². The van der Waals surface area contributed by atoms with Crippen LogP contribution in [0.2, 0.25) is 0 Å². The number of benzene rings is 2. The van der Waals surface area contributed by atoms with E-state index in [-0.39, 0.29) is 30.5 Å². The summed E-state index contributed by atoms with van der Waals surface area (Å²) in [4.78, 5) is 12.2. The molecule has 0 aliphatic carbocycles. The molecule has 1 atom stereocenters. The van der Waals surface area contributed by atoms with E-state index in [1.54, 1.807) is 24.3 Å². The number of carbonyl (C=O) groups is 1. The Labute approximate surface area is 180 Å². The molecule has 0 saturated heterocycles. The van der Waals surface area contributed by atoms with E-state index in [0.717, 1.165) is 11.1 Å². The van der Waals surface area contributed by atoms with Crippen molar-refractivity contribution in [2.45, 2.75) is 45.7 Å². The van der Waals surface area contributed by atoms with E-state index in [9.17, 15) is 13.2 Å². The van der Waals surface area contributed by atoms with Crippen LogP contribution >= 0.6 is 0 Å². The molecule has 0 fully saturated rings. The van der Waals surface area contributed by atoms with Gasteiger partial charge >= 0.3 is 0 Å². The Morgan fingerprint density at radius 1 is 1.07 bits per heavy atom. The number of amides is 1. The lowest BCUT2D eigenvalue weighted by molar-refractivity contribution is -0.123. The first kappa shape index (κ1) is 23.9. The van der Waals surface area contributed by atoms with E-state index < -0.39 is 10.0 Å². The fraction of sp³-hybridized carbons (Fsp3) is 0.435. The van der Waals surface area contributed by atoms with E-state index in [1.165, 1.54) is 23.2 Å². The first-order chi connectivity index (χ1) is 13.9. The zero-order valence-electron chi connectivity index (χ0n) is 18.6. The molecule has 1 amide bonds. The third-order valence-electron chi connectivity index (χ3n) is 4.92. The Hall–Kier alpha value is -2.38. The predicted molar refractivity (Wildman–Crippen MR) is 120 cm³/mol. The van der Waals surface area contributed by atoms with Crippen LogP contribution in [-0.2, 0) is 26.8 Å². The highest BCUT2D eigenvalue weighted by Crippen LogP contribution is 2.24. The fourth-order valence-corrected chi connectivity index (χ4v) is 3.24. The molecular formula is C23H32N2O4S. The summed E-state index contributed by atoms with van der Waals surface area (Å²) in [5.74, 6) is 0.348. The molecule has 0 saturated carbocycles. The van der Waals surface area contributed by atoms with E-state index in [2.05, 4.69) is 38.2 Å². The number of rotatable bonds is 8. The van der Waals surface area contributed by atoms with Crippen LogP contribution in [0.15, 0.2) is 48.5 Å². The fourth-order valence-electron chi connectivity index (χ4n) is 2.85. The number of hydrogen-bond donors (Lipinski definition) is 1. The van der Waals surface area contributed by atoms with Gasteiger partial charge in [-0.25, -0.2) is 12.7 Å². The van der Waals surface area contributed by atoms with Gasteiger partial charge in [0.2, 0.25) is 10.0 Å². The molecule has 0 unspecified atom stereocenters. The molecule has 2 aromatic rings. The third-order valence-corrected chi connectivity index (χ3v) is 6.18. The minimum absolute atomic E-state index is 0.0903. The largest absolute Gasteiger partial charge is 0.484 e. The molecule has 30 heavy (non-hydrogen) atoms. The monoisotopic (exact) mass is 432 g/mol.